The van der Waals surface area contributed by atoms with Gasteiger partial charge in [0.1, 0.15) is 5.66 Å². The molecule has 0 N–H and O–H groups in total. The Kier molecular flexibility index (Phi) is 10.1. The summed E-state index contributed by atoms with van der Waals surface area (Å²) in [7, 11) is -2.87. The molecule has 0 aliphatic carbocycles. The van der Waals surface area contributed by atoms with E-state index in [4.69, 9.17) is 0 Å². The van der Waals surface area contributed by atoms with E-state index in [0.717, 1.165) is 0 Å². The van der Waals surface area contributed by atoms with E-state index in [0.29, 0.717) is 6.42 Å². The minimum absolute atomic E-state index is 0. The van der Waals surface area contributed by atoms with Crippen LogP contribution in [0.25, 0.3) is 0 Å². The van der Waals surface area contributed by atoms with E-state index in [1.807, 2.05) is 0 Å². The van der Waals surface area contributed by atoms with Crippen LogP contribution in [0.4, 0.5) is 0 Å². The molecule has 0 amide bonds. The molecule has 1 unspecified atom stereocenters. The quantitative estimate of drug-likeness (QED) is 0.361. The molecule has 0 radical (unpaired) electrons. The third-order valence-electron chi connectivity index (χ3n) is 1.09. The zero-order chi connectivity index (χ0) is 8.15. The fraction of sp³-hybridized carbons (Fsp3) is 0.800. The smallest absolute Gasteiger partial charge is 0.549 e. The summed E-state index contributed by atoms with van der Waals surface area (Å²) in [5.41, 5.74) is -1.31. The zero-order valence-electron chi connectivity index (χ0n) is 6.57. The molecule has 0 bridgehead atoms. The van der Waals surface area contributed by atoms with Crippen molar-refractivity contribution in [3.8, 4) is 0 Å². The van der Waals surface area contributed by atoms with Crippen LogP contribution in [0.3, 0.4) is 0 Å². The molecule has 11 heavy (non-hydrogen) atoms. The fourth-order valence-electron chi connectivity index (χ4n) is 0.583. The standard InChI is InChI=1S/C5H9O4P.K/c1-2-3-4(5(6)7)10(8)9;/h4H,2-3H2,1H3,(H,6,7);/q;+1/p-1. The van der Waals surface area contributed by atoms with Gasteiger partial charge in [0, 0.05) is 0 Å². The predicted octanol–water partition coefficient (Wildman–Crippen LogP) is -2.92. The van der Waals surface area contributed by atoms with Crippen LogP contribution in [0.1, 0.15) is 19.8 Å². The Hall–Kier alpha value is 1.01. The van der Waals surface area contributed by atoms with E-state index in [1.54, 1.807) is 6.92 Å². The van der Waals surface area contributed by atoms with Gasteiger partial charge in [-0.1, -0.05) is 13.3 Å². The van der Waals surface area contributed by atoms with Crippen LogP contribution in [-0.2, 0) is 13.9 Å². The third kappa shape index (κ3) is 6.19. The van der Waals surface area contributed by atoms with E-state index in [9.17, 15) is 19.0 Å². The fourth-order valence-corrected chi connectivity index (χ4v) is 1.22. The summed E-state index contributed by atoms with van der Waals surface area (Å²) in [6.07, 6.45) is 0.670. The van der Waals surface area contributed by atoms with Crippen molar-refractivity contribution in [2.45, 2.75) is 25.4 Å². The number of hydrogen-bond acceptors (Lipinski definition) is 4. The largest absolute Gasteiger partial charge is 1.00 e. The number of rotatable bonds is 4. The average molecular weight is 202 g/mol. The van der Waals surface area contributed by atoms with Gasteiger partial charge < -0.3 is 9.90 Å². The first-order valence-electron chi connectivity index (χ1n) is 2.94. The van der Waals surface area contributed by atoms with Crippen LogP contribution in [-0.4, -0.2) is 11.6 Å². The molecule has 6 heteroatoms. The van der Waals surface area contributed by atoms with Crippen molar-refractivity contribution in [2.75, 3.05) is 0 Å². The summed E-state index contributed by atoms with van der Waals surface area (Å²) >= 11 is 0. The third-order valence-corrected chi connectivity index (χ3v) is 2.07. The molecule has 0 rings (SSSR count). The Labute approximate surface area is 108 Å². The van der Waals surface area contributed by atoms with Gasteiger partial charge in [-0.25, -0.2) is 9.13 Å². The number of carbonyl (C=O) groups excluding carboxylic acids is 1. The Balaban J connectivity index is 0. The van der Waals surface area contributed by atoms with Gasteiger partial charge in [0.2, 0.25) is 0 Å². The Morgan fingerprint density at radius 2 is 2.00 bits per heavy atom. The normalized spacial score (nSPS) is 11.4. The molecule has 0 fully saturated rings. The van der Waals surface area contributed by atoms with E-state index in [2.05, 4.69) is 0 Å². The summed E-state index contributed by atoms with van der Waals surface area (Å²) < 4.78 is 20.3. The molecule has 1 atom stereocenters. The van der Waals surface area contributed by atoms with E-state index >= 15 is 0 Å². The summed E-state index contributed by atoms with van der Waals surface area (Å²) in [5, 5.41) is 10.0. The minimum atomic E-state index is -2.87. The van der Waals surface area contributed by atoms with Crippen LogP contribution in [0, 0.1) is 0 Å². The topological polar surface area (TPSA) is 74.3 Å². The van der Waals surface area contributed by atoms with Crippen molar-refractivity contribution in [1.29, 1.82) is 0 Å². The molecule has 0 saturated heterocycles. The van der Waals surface area contributed by atoms with Crippen LogP contribution in [0.15, 0.2) is 0 Å². The molecule has 58 valence electrons. The summed E-state index contributed by atoms with van der Waals surface area (Å²) in [4.78, 5) is 10.0. The maximum Gasteiger partial charge on any atom is 1.00 e. The average Bonchev–Trinajstić information content (AvgIpc) is 1.81. The van der Waals surface area contributed by atoms with Gasteiger partial charge in [0.25, 0.3) is 0 Å². The van der Waals surface area contributed by atoms with Crippen LogP contribution >= 0.6 is 7.68 Å². The molecule has 0 aliphatic rings. The molecule has 0 aliphatic heterocycles. The van der Waals surface area contributed by atoms with Crippen molar-refractivity contribution in [1.82, 2.24) is 0 Å². The van der Waals surface area contributed by atoms with Crippen LogP contribution < -0.4 is 56.5 Å². The van der Waals surface area contributed by atoms with Gasteiger partial charge in [-0.05, 0) is 6.42 Å². The van der Waals surface area contributed by atoms with Crippen molar-refractivity contribution in [2.24, 2.45) is 0 Å². The SMILES string of the molecule is CCCC(C(=O)[O-])P(=O)=O.[K+]. The Bertz CT molecular complexity index is 181. The van der Waals surface area contributed by atoms with Crippen molar-refractivity contribution in [3.05, 3.63) is 0 Å². The molecule has 0 saturated carbocycles. The van der Waals surface area contributed by atoms with Gasteiger partial charge in [-0.2, -0.15) is 0 Å². The van der Waals surface area contributed by atoms with Crippen molar-refractivity contribution >= 4 is 13.6 Å². The second-order valence-corrected chi connectivity index (χ2v) is 3.10. The molecule has 0 aromatic heterocycles. The van der Waals surface area contributed by atoms with Crippen LogP contribution in [0.5, 0.6) is 0 Å². The first-order valence-corrected chi connectivity index (χ1v) is 4.18. The minimum Gasteiger partial charge on any atom is -0.549 e. The summed E-state index contributed by atoms with van der Waals surface area (Å²) in [6.45, 7) is 1.72. The maximum absolute atomic E-state index is 10.1. The van der Waals surface area contributed by atoms with Gasteiger partial charge >= 0.3 is 59.1 Å². The predicted molar refractivity (Wildman–Crippen MR) is 32.0 cm³/mol. The van der Waals surface area contributed by atoms with E-state index in [-0.39, 0.29) is 57.8 Å². The molecular weight excluding hydrogens is 194 g/mol. The molecular formula is C5H8KO4P. The Morgan fingerprint density at radius 3 is 2.09 bits per heavy atom. The number of carbonyl (C=O) groups is 1. The van der Waals surface area contributed by atoms with Crippen molar-refractivity contribution < 1.29 is 70.4 Å². The summed E-state index contributed by atoms with van der Waals surface area (Å²) in [6, 6.07) is 0. The van der Waals surface area contributed by atoms with Gasteiger partial charge in [-0.15, -0.1) is 0 Å². The number of carboxylic acids is 1. The van der Waals surface area contributed by atoms with Gasteiger partial charge in [0.05, 0.1) is 5.97 Å². The first-order chi connectivity index (χ1) is 4.59. The summed E-state index contributed by atoms with van der Waals surface area (Å²) in [5.74, 6) is -1.50. The molecule has 0 aromatic carbocycles. The number of hydrogen-bond donors (Lipinski definition) is 0. The van der Waals surface area contributed by atoms with Crippen LogP contribution in [0.2, 0.25) is 0 Å². The van der Waals surface area contributed by atoms with Gasteiger partial charge in [-0.3, -0.25) is 0 Å². The number of carboxylic acid groups (broad SMARTS) is 1. The first kappa shape index (κ1) is 14.5. The maximum atomic E-state index is 10.1. The second-order valence-electron chi connectivity index (χ2n) is 1.91. The van der Waals surface area contributed by atoms with E-state index < -0.39 is 19.3 Å². The molecule has 4 nitrogen and oxygen atoms in total. The second kappa shape index (κ2) is 7.64. The molecule has 0 heterocycles. The number of aliphatic carboxylic acids is 1. The van der Waals surface area contributed by atoms with E-state index in [1.165, 1.54) is 0 Å². The zero-order valence-corrected chi connectivity index (χ0v) is 10.6. The monoisotopic (exact) mass is 202 g/mol. The van der Waals surface area contributed by atoms with Gasteiger partial charge in [0.15, 0.2) is 0 Å². The molecule has 0 aromatic rings. The Morgan fingerprint density at radius 1 is 1.55 bits per heavy atom. The molecule has 0 spiro atoms. The van der Waals surface area contributed by atoms with Crippen molar-refractivity contribution in [3.63, 3.8) is 0 Å².